The highest BCUT2D eigenvalue weighted by Crippen LogP contribution is 2.37. The molecule has 1 amide bonds. The van der Waals surface area contributed by atoms with Crippen molar-refractivity contribution in [3.63, 3.8) is 0 Å². The van der Waals surface area contributed by atoms with E-state index in [1.807, 2.05) is 6.07 Å². The van der Waals surface area contributed by atoms with Gasteiger partial charge in [0.1, 0.15) is 17.7 Å². The minimum absolute atomic E-state index is 0.00850. The van der Waals surface area contributed by atoms with Crippen LogP contribution in [-0.2, 0) is 4.79 Å². The third kappa shape index (κ3) is 5.41. The number of hydrogen-bond donors (Lipinski definition) is 3. The molecule has 1 aliphatic rings. The molecule has 0 radical (unpaired) electrons. The molecule has 7 nitrogen and oxygen atoms in total. The van der Waals surface area contributed by atoms with E-state index in [2.05, 4.69) is 20.6 Å². The molecule has 4 N–H and O–H groups in total. The van der Waals surface area contributed by atoms with E-state index in [9.17, 15) is 9.18 Å². The largest absolute Gasteiger partial charge is 0.482 e. The molecule has 1 fully saturated rings. The number of amides is 1. The number of ether oxygens (including phenoxy) is 1. The van der Waals surface area contributed by atoms with E-state index < -0.39 is 11.9 Å². The maximum Gasteiger partial charge on any atom is 0.228 e. The van der Waals surface area contributed by atoms with Crippen molar-refractivity contribution in [3.05, 3.63) is 64.2 Å². The number of nitrogens with zero attached hydrogens (tertiary/aromatic N) is 2. The zero-order valence-corrected chi connectivity index (χ0v) is 20.0. The van der Waals surface area contributed by atoms with Gasteiger partial charge in [0.15, 0.2) is 11.6 Å². The van der Waals surface area contributed by atoms with E-state index in [1.54, 1.807) is 31.5 Å². The Bertz CT molecular complexity index is 1190. The number of aromatic nitrogens is 2. The number of nitrogens with one attached hydrogen (secondary N) is 2. The number of nitrogens with two attached hydrogens (primary N) is 1. The van der Waals surface area contributed by atoms with Crippen LogP contribution in [0.15, 0.2) is 42.7 Å². The van der Waals surface area contributed by atoms with Crippen LogP contribution in [0, 0.1) is 11.7 Å². The van der Waals surface area contributed by atoms with Gasteiger partial charge < -0.3 is 21.1 Å². The Morgan fingerprint density at radius 2 is 1.91 bits per heavy atom. The molecule has 0 bridgehead atoms. The Balaban J connectivity index is 1.49. The van der Waals surface area contributed by atoms with Crippen molar-refractivity contribution in [2.75, 3.05) is 24.1 Å². The highest BCUT2D eigenvalue weighted by Gasteiger charge is 2.22. The lowest BCUT2D eigenvalue weighted by Crippen LogP contribution is -2.34. The molecule has 1 saturated heterocycles. The van der Waals surface area contributed by atoms with Gasteiger partial charge in [0.05, 0.1) is 5.02 Å². The summed E-state index contributed by atoms with van der Waals surface area (Å²) in [5, 5.41) is 6.30. The lowest BCUT2D eigenvalue weighted by Gasteiger charge is -2.21. The first kappa shape index (κ1) is 24.2. The van der Waals surface area contributed by atoms with Gasteiger partial charge >= 0.3 is 0 Å². The topological polar surface area (TPSA) is 102 Å². The van der Waals surface area contributed by atoms with Crippen LogP contribution in [-0.4, -0.2) is 29.0 Å². The smallest absolute Gasteiger partial charge is 0.228 e. The van der Waals surface area contributed by atoms with Gasteiger partial charge in [-0.05, 0) is 63.2 Å². The molecule has 1 atom stereocenters. The van der Waals surface area contributed by atoms with Gasteiger partial charge in [-0.2, -0.15) is 0 Å². The third-order valence-electron chi connectivity index (χ3n) is 5.73. The van der Waals surface area contributed by atoms with Crippen molar-refractivity contribution in [3.8, 4) is 16.9 Å². The molecule has 0 aliphatic carbocycles. The number of halogens is 3. The lowest BCUT2D eigenvalue weighted by atomic mass is 9.97. The maximum absolute atomic E-state index is 13.9. The fourth-order valence-electron chi connectivity index (χ4n) is 3.82. The van der Waals surface area contributed by atoms with Gasteiger partial charge in [-0.15, -0.1) is 0 Å². The highest BCUT2D eigenvalue weighted by atomic mass is 35.5. The zero-order chi connectivity index (χ0) is 24.2. The van der Waals surface area contributed by atoms with Gasteiger partial charge in [-0.1, -0.05) is 23.2 Å². The minimum Gasteiger partial charge on any atom is -0.482 e. The molecule has 0 spiro atoms. The normalized spacial score (nSPS) is 15.1. The predicted octanol–water partition coefficient (Wildman–Crippen LogP) is 5.25. The first-order valence-corrected chi connectivity index (χ1v) is 11.6. The Morgan fingerprint density at radius 3 is 2.62 bits per heavy atom. The van der Waals surface area contributed by atoms with Crippen LogP contribution >= 0.6 is 23.2 Å². The maximum atomic E-state index is 13.9. The summed E-state index contributed by atoms with van der Waals surface area (Å²) in [5.74, 6) is 0.328. The zero-order valence-electron chi connectivity index (χ0n) is 18.4. The van der Waals surface area contributed by atoms with Crippen LogP contribution in [0.2, 0.25) is 10.0 Å². The molecule has 2 aromatic heterocycles. The Labute approximate surface area is 206 Å². The molecule has 1 aliphatic heterocycles. The minimum atomic E-state index is -0.680. The van der Waals surface area contributed by atoms with Gasteiger partial charge in [-0.25, -0.2) is 14.4 Å². The second-order valence-corrected chi connectivity index (χ2v) is 8.86. The number of hydrogen-bond acceptors (Lipinski definition) is 6. The highest BCUT2D eigenvalue weighted by molar-refractivity contribution is 6.36. The van der Waals surface area contributed by atoms with Gasteiger partial charge in [0.25, 0.3) is 0 Å². The summed E-state index contributed by atoms with van der Waals surface area (Å²) in [4.78, 5) is 21.0. The second kappa shape index (κ2) is 10.5. The monoisotopic (exact) mass is 503 g/mol. The molecule has 1 aromatic carbocycles. The fraction of sp³-hybridized carbons (Fsp3) is 0.292. The number of anilines is 2. The predicted molar refractivity (Wildman–Crippen MR) is 132 cm³/mol. The molecular formula is C24H24Cl2FN5O2. The third-order valence-corrected chi connectivity index (χ3v) is 6.44. The van der Waals surface area contributed by atoms with E-state index in [1.165, 1.54) is 12.1 Å². The summed E-state index contributed by atoms with van der Waals surface area (Å²) in [6.07, 6.45) is 4.18. The van der Waals surface area contributed by atoms with Crippen molar-refractivity contribution in [1.29, 1.82) is 0 Å². The molecule has 34 heavy (non-hydrogen) atoms. The van der Waals surface area contributed by atoms with Crippen LogP contribution < -0.4 is 21.1 Å². The summed E-state index contributed by atoms with van der Waals surface area (Å²) < 4.78 is 19.9. The van der Waals surface area contributed by atoms with Gasteiger partial charge in [-0.3, -0.25) is 4.79 Å². The Morgan fingerprint density at radius 1 is 1.18 bits per heavy atom. The van der Waals surface area contributed by atoms with Crippen molar-refractivity contribution >= 4 is 40.7 Å². The van der Waals surface area contributed by atoms with Crippen molar-refractivity contribution in [1.82, 2.24) is 15.3 Å². The number of pyridine rings is 2. The molecule has 3 aromatic rings. The second-order valence-electron chi connectivity index (χ2n) is 8.07. The number of carbonyl (C=O) groups is 1. The molecule has 3 heterocycles. The standard InChI is InChI=1S/C24H24Cl2FN5O2/c1-13(21-17(25)3-4-18(27)22(21)26)34-19-10-16(12-31-23(19)28)15-2-5-20(30-11-15)32-24(33)14-6-8-29-9-7-14/h2-5,10-14,29H,6-9H2,1H3,(H2,28,31)(H,30,32,33). The number of benzene rings is 1. The SMILES string of the molecule is CC(Oc1cc(-c2ccc(NC(=O)C3CCNCC3)nc2)cnc1N)c1c(Cl)ccc(F)c1Cl. The van der Waals surface area contributed by atoms with Crippen molar-refractivity contribution < 1.29 is 13.9 Å². The van der Waals surface area contributed by atoms with E-state index >= 15 is 0 Å². The average molecular weight is 504 g/mol. The first-order valence-electron chi connectivity index (χ1n) is 10.9. The fourth-order valence-corrected chi connectivity index (χ4v) is 4.50. The van der Waals surface area contributed by atoms with E-state index in [-0.39, 0.29) is 27.7 Å². The molecule has 1 unspecified atom stereocenters. The number of carbonyl (C=O) groups excluding carboxylic acids is 1. The molecular weight excluding hydrogens is 480 g/mol. The average Bonchev–Trinajstić information content (AvgIpc) is 2.84. The number of rotatable bonds is 6. The summed E-state index contributed by atoms with van der Waals surface area (Å²) in [6, 6.07) is 7.89. The van der Waals surface area contributed by atoms with E-state index in [4.69, 9.17) is 33.7 Å². The van der Waals surface area contributed by atoms with Gasteiger partial charge in [0, 0.05) is 40.0 Å². The van der Waals surface area contributed by atoms with E-state index in [0.717, 1.165) is 31.5 Å². The van der Waals surface area contributed by atoms with Crippen molar-refractivity contribution in [2.24, 2.45) is 5.92 Å². The molecule has 178 valence electrons. The van der Waals surface area contributed by atoms with E-state index in [0.29, 0.717) is 22.7 Å². The van der Waals surface area contributed by atoms with Crippen LogP contribution in [0.1, 0.15) is 31.4 Å². The summed E-state index contributed by atoms with van der Waals surface area (Å²) >= 11 is 12.3. The number of nitrogen functional groups attached to an aromatic ring is 1. The number of piperidine rings is 1. The Hall–Kier alpha value is -2.94. The Kier molecular flexibility index (Phi) is 7.50. The first-order chi connectivity index (χ1) is 16.3. The van der Waals surface area contributed by atoms with Crippen molar-refractivity contribution in [2.45, 2.75) is 25.9 Å². The van der Waals surface area contributed by atoms with Crippen LogP contribution in [0.25, 0.3) is 11.1 Å². The summed E-state index contributed by atoms with van der Waals surface area (Å²) in [7, 11) is 0. The van der Waals surface area contributed by atoms with Gasteiger partial charge in [0.2, 0.25) is 5.91 Å². The molecule has 0 saturated carbocycles. The quantitative estimate of drug-likeness (QED) is 0.397. The molecule has 4 rings (SSSR count). The van der Waals surface area contributed by atoms with Crippen LogP contribution in [0.5, 0.6) is 5.75 Å². The summed E-state index contributed by atoms with van der Waals surface area (Å²) in [6.45, 7) is 3.38. The lowest BCUT2D eigenvalue weighted by molar-refractivity contribution is -0.120. The van der Waals surface area contributed by atoms with Crippen LogP contribution in [0.4, 0.5) is 16.0 Å². The molecule has 10 heteroatoms. The van der Waals surface area contributed by atoms with Crippen LogP contribution in [0.3, 0.4) is 0 Å². The summed E-state index contributed by atoms with van der Waals surface area (Å²) in [5.41, 5.74) is 7.79.